The molecule has 204 valence electrons. The van der Waals surface area contributed by atoms with Gasteiger partial charge in [-0.1, -0.05) is 30.0 Å². The number of pyridine rings is 1. The molecule has 0 spiro atoms. The molecule has 0 N–H and O–H groups in total. The normalized spacial score (nSPS) is 15.4. The first-order chi connectivity index (χ1) is 18.5. The molecular weight excluding hydrogens is 532 g/mol. The summed E-state index contributed by atoms with van der Waals surface area (Å²) in [7, 11) is 3.87. The van der Waals surface area contributed by atoms with Crippen molar-refractivity contribution in [1.29, 1.82) is 0 Å². The van der Waals surface area contributed by atoms with Crippen molar-refractivity contribution in [3.05, 3.63) is 59.3 Å². The maximum absolute atomic E-state index is 12.0. The van der Waals surface area contributed by atoms with E-state index in [0.717, 1.165) is 89.2 Å². The molecule has 0 saturated heterocycles. The molecule has 0 atom stereocenters. The van der Waals surface area contributed by atoms with Crippen molar-refractivity contribution in [3.8, 4) is 17.1 Å². The van der Waals surface area contributed by atoms with Crippen molar-refractivity contribution in [1.82, 2.24) is 24.6 Å². The quantitative estimate of drug-likeness (QED) is 0.248. The van der Waals surface area contributed by atoms with Crippen LogP contribution in [0.25, 0.3) is 22.3 Å². The van der Waals surface area contributed by atoms with Crippen LogP contribution in [0.3, 0.4) is 0 Å². The number of amides is 1. The van der Waals surface area contributed by atoms with E-state index >= 15 is 0 Å². The Morgan fingerprint density at radius 3 is 2.64 bits per heavy atom. The van der Waals surface area contributed by atoms with E-state index < -0.39 is 0 Å². The average molecular weight is 565 g/mol. The lowest BCUT2D eigenvalue weighted by Crippen LogP contribution is -2.35. The number of nitrogens with zero attached hydrogens (tertiary/aromatic N) is 6. The molecule has 0 unspecified atom stereocenters. The topological polar surface area (TPSA) is 76.4 Å². The number of aryl methyl sites for hydroxylation is 1. The molecule has 0 bridgehead atoms. The summed E-state index contributed by atoms with van der Waals surface area (Å²) >= 11 is 1.76. The fraction of sp³-hybridized carbons (Fsp3) is 0.379. The first-order valence-electron chi connectivity index (χ1n) is 13.1. The van der Waals surface area contributed by atoms with E-state index in [1.807, 2.05) is 39.2 Å². The second-order valence-corrected chi connectivity index (χ2v) is 11.1. The first kappa shape index (κ1) is 27.4. The zero-order chi connectivity index (χ0) is 26.2. The van der Waals surface area contributed by atoms with Crippen LogP contribution in [0.2, 0.25) is 0 Å². The largest absolute Gasteiger partial charge is 0.482 e. The molecule has 8 nitrogen and oxygen atoms in total. The highest BCUT2D eigenvalue weighted by Gasteiger charge is 2.25. The Bertz CT molecular complexity index is 1520. The number of likely N-dealkylation sites (N-methyl/N-ethyl adjacent to an activating group) is 1. The van der Waals surface area contributed by atoms with Crippen LogP contribution in [-0.4, -0.2) is 69.6 Å². The third kappa shape index (κ3) is 5.48. The summed E-state index contributed by atoms with van der Waals surface area (Å²) in [6, 6.07) is 14.6. The standard InChI is InChI=1S/C29H32N6O2S.ClH/c1-19-8-9-22-23(6-4-7-24(22)30-19)28-31-32-29(34(28)3)38-15-5-12-35-13-10-20-16-25-26(17-21(20)11-14-35)37-18-27(36)33(25)2;/h4,6-9,16-17H,5,10-15,18H2,1-3H3;1H. The number of ether oxygens (including phenoxy) is 1. The van der Waals surface area contributed by atoms with Gasteiger partial charge in [0.05, 0.1) is 11.2 Å². The van der Waals surface area contributed by atoms with Gasteiger partial charge in [0.1, 0.15) is 5.75 Å². The zero-order valence-corrected chi connectivity index (χ0v) is 24.1. The Hall–Kier alpha value is -3.14. The van der Waals surface area contributed by atoms with Crippen molar-refractivity contribution in [3.63, 3.8) is 0 Å². The summed E-state index contributed by atoms with van der Waals surface area (Å²) in [5.74, 6) is 2.69. The van der Waals surface area contributed by atoms with E-state index in [9.17, 15) is 4.79 Å². The molecule has 0 radical (unpaired) electrons. The SMILES string of the molecule is Cc1ccc2c(-c3nnc(SCCCN4CCc5cc6c(cc5CC4)N(C)C(=O)CO6)n3C)cccc2n1.Cl. The number of benzene rings is 2. The van der Waals surface area contributed by atoms with Gasteiger partial charge in [0.25, 0.3) is 5.91 Å². The lowest BCUT2D eigenvalue weighted by molar-refractivity contribution is -0.120. The van der Waals surface area contributed by atoms with Gasteiger partial charge in [-0.05, 0) is 68.1 Å². The summed E-state index contributed by atoms with van der Waals surface area (Å²) in [5.41, 5.74) is 6.61. The lowest BCUT2D eigenvalue weighted by Gasteiger charge is -2.27. The minimum atomic E-state index is 0. The summed E-state index contributed by atoms with van der Waals surface area (Å²) in [6.07, 6.45) is 3.07. The highest BCUT2D eigenvalue weighted by Crippen LogP contribution is 2.35. The first-order valence-corrected chi connectivity index (χ1v) is 14.1. The summed E-state index contributed by atoms with van der Waals surface area (Å²) < 4.78 is 7.79. The molecule has 2 aromatic carbocycles. The molecule has 0 saturated carbocycles. The van der Waals surface area contributed by atoms with Gasteiger partial charge in [-0.2, -0.15) is 0 Å². The number of fused-ring (bicyclic) bond motifs is 3. The van der Waals surface area contributed by atoms with Crippen LogP contribution in [0, 0.1) is 6.92 Å². The minimum Gasteiger partial charge on any atom is -0.482 e. The Morgan fingerprint density at radius 1 is 1.03 bits per heavy atom. The number of carbonyl (C=O) groups excluding carboxylic acids is 1. The Balaban J connectivity index is 0.00000308. The number of hydrogen-bond donors (Lipinski definition) is 0. The lowest BCUT2D eigenvalue weighted by atomic mass is 10.0. The van der Waals surface area contributed by atoms with Gasteiger partial charge in [-0.3, -0.25) is 9.78 Å². The third-order valence-electron chi connectivity index (χ3n) is 7.56. The molecule has 4 aromatic rings. The van der Waals surface area contributed by atoms with E-state index in [2.05, 4.69) is 48.9 Å². The number of halogens is 1. The van der Waals surface area contributed by atoms with Crippen LogP contribution in [0.15, 0.2) is 47.6 Å². The maximum atomic E-state index is 12.0. The number of hydrogen-bond acceptors (Lipinski definition) is 7. The third-order valence-corrected chi connectivity index (χ3v) is 8.67. The number of rotatable bonds is 6. The van der Waals surface area contributed by atoms with Crippen molar-refractivity contribution in [2.75, 3.05) is 43.9 Å². The highest BCUT2D eigenvalue weighted by molar-refractivity contribution is 7.99. The number of carbonyl (C=O) groups is 1. The molecule has 10 heteroatoms. The molecule has 1 amide bonds. The Labute approximate surface area is 239 Å². The van der Waals surface area contributed by atoms with Crippen LogP contribution in [0.4, 0.5) is 5.69 Å². The van der Waals surface area contributed by atoms with Gasteiger partial charge in [0.15, 0.2) is 17.6 Å². The van der Waals surface area contributed by atoms with Gasteiger partial charge in [-0.25, -0.2) is 0 Å². The van der Waals surface area contributed by atoms with Crippen molar-refractivity contribution in [2.45, 2.75) is 31.3 Å². The van der Waals surface area contributed by atoms with Crippen LogP contribution in [-0.2, 0) is 24.7 Å². The number of anilines is 1. The van der Waals surface area contributed by atoms with E-state index in [1.165, 1.54) is 11.1 Å². The molecule has 2 aliphatic heterocycles. The molecule has 2 aliphatic rings. The molecule has 39 heavy (non-hydrogen) atoms. The maximum Gasteiger partial charge on any atom is 0.264 e. The van der Waals surface area contributed by atoms with E-state index in [1.54, 1.807) is 16.7 Å². The van der Waals surface area contributed by atoms with E-state index in [4.69, 9.17) is 4.74 Å². The zero-order valence-electron chi connectivity index (χ0n) is 22.5. The van der Waals surface area contributed by atoms with Gasteiger partial charge < -0.3 is 19.1 Å². The van der Waals surface area contributed by atoms with Gasteiger partial charge in [0.2, 0.25) is 0 Å². The van der Waals surface area contributed by atoms with Crippen LogP contribution in [0.5, 0.6) is 5.75 Å². The number of thioether (sulfide) groups is 1. The molecule has 0 aliphatic carbocycles. The second-order valence-electron chi connectivity index (χ2n) is 10.1. The predicted molar refractivity (Wildman–Crippen MR) is 158 cm³/mol. The van der Waals surface area contributed by atoms with Gasteiger partial charge >= 0.3 is 0 Å². The fourth-order valence-corrected chi connectivity index (χ4v) is 6.17. The smallest absolute Gasteiger partial charge is 0.264 e. The summed E-state index contributed by atoms with van der Waals surface area (Å²) in [6.45, 7) is 5.25. The Morgan fingerprint density at radius 2 is 1.82 bits per heavy atom. The molecule has 0 fully saturated rings. The van der Waals surface area contributed by atoms with Crippen LogP contribution in [0.1, 0.15) is 23.2 Å². The predicted octanol–water partition coefficient (Wildman–Crippen LogP) is 4.70. The van der Waals surface area contributed by atoms with Gasteiger partial charge in [0, 0.05) is 49.6 Å². The molecule has 4 heterocycles. The molecular formula is C29H33ClN6O2S. The highest BCUT2D eigenvalue weighted by atomic mass is 35.5. The summed E-state index contributed by atoms with van der Waals surface area (Å²) in [5, 5.41) is 11.0. The van der Waals surface area contributed by atoms with Crippen LogP contribution >= 0.6 is 24.2 Å². The Kier molecular flexibility index (Phi) is 8.11. The fourth-order valence-electron chi connectivity index (χ4n) is 5.34. The van der Waals surface area contributed by atoms with Crippen molar-refractivity contribution < 1.29 is 9.53 Å². The van der Waals surface area contributed by atoms with Crippen molar-refractivity contribution >= 4 is 46.7 Å². The second kappa shape index (κ2) is 11.5. The minimum absolute atomic E-state index is 0. The van der Waals surface area contributed by atoms with E-state index in [-0.39, 0.29) is 24.9 Å². The van der Waals surface area contributed by atoms with Crippen molar-refractivity contribution in [2.24, 2.45) is 7.05 Å². The molecule has 6 rings (SSSR count). The summed E-state index contributed by atoms with van der Waals surface area (Å²) in [4.78, 5) is 21.0. The molecule has 2 aromatic heterocycles. The van der Waals surface area contributed by atoms with Crippen LogP contribution < -0.4 is 9.64 Å². The van der Waals surface area contributed by atoms with Gasteiger partial charge in [-0.15, -0.1) is 22.6 Å². The van der Waals surface area contributed by atoms with E-state index in [0.29, 0.717) is 0 Å². The number of aromatic nitrogens is 4. The monoisotopic (exact) mass is 564 g/mol. The average Bonchev–Trinajstić information content (AvgIpc) is 3.16.